The second kappa shape index (κ2) is 7.01. The van der Waals surface area contributed by atoms with E-state index in [4.69, 9.17) is 4.74 Å². The minimum Gasteiger partial charge on any atom is -0.494 e. The van der Waals surface area contributed by atoms with Gasteiger partial charge in [0.2, 0.25) is 0 Å². The number of carbonyl (C=O) groups excluding carboxylic acids is 1. The Balaban J connectivity index is 1.54. The molecule has 0 unspecified atom stereocenters. The Morgan fingerprint density at radius 3 is 2.74 bits per heavy atom. The van der Waals surface area contributed by atoms with Crippen molar-refractivity contribution in [1.82, 2.24) is 10.3 Å². The van der Waals surface area contributed by atoms with Crippen LogP contribution in [0.4, 0.5) is 0 Å². The minimum atomic E-state index is -0.0611. The SMILES string of the molecule is CCOc1ccc(C(=O)NCCc2ccc3cc[nH]c3c2)cc1. The number of benzene rings is 2. The van der Waals surface area contributed by atoms with Crippen molar-refractivity contribution in [1.29, 1.82) is 0 Å². The van der Waals surface area contributed by atoms with Crippen molar-refractivity contribution in [3.8, 4) is 5.75 Å². The van der Waals surface area contributed by atoms with E-state index in [-0.39, 0.29) is 5.91 Å². The van der Waals surface area contributed by atoms with Crippen molar-refractivity contribution in [2.45, 2.75) is 13.3 Å². The van der Waals surface area contributed by atoms with Gasteiger partial charge in [-0.2, -0.15) is 0 Å². The summed E-state index contributed by atoms with van der Waals surface area (Å²) >= 11 is 0. The number of aromatic amines is 1. The molecule has 0 saturated carbocycles. The normalized spacial score (nSPS) is 10.7. The molecule has 4 heteroatoms. The van der Waals surface area contributed by atoms with E-state index in [9.17, 15) is 4.79 Å². The highest BCUT2D eigenvalue weighted by molar-refractivity contribution is 5.94. The Morgan fingerprint density at radius 1 is 1.13 bits per heavy atom. The molecule has 0 aliphatic rings. The predicted molar refractivity (Wildman–Crippen MR) is 91.9 cm³/mol. The first-order valence-electron chi connectivity index (χ1n) is 7.83. The molecule has 2 N–H and O–H groups in total. The van der Waals surface area contributed by atoms with Crippen LogP contribution >= 0.6 is 0 Å². The zero-order valence-electron chi connectivity index (χ0n) is 13.1. The molecule has 0 radical (unpaired) electrons. The molecule has 1 amide bonds. The Morgan fingerprint density at radius 2 is 1.96 bits per heavy atom. The third-order valence-corrected chi connectivity index (χ3v) is 3.75. The zero-order chi connectivity index (χ0) is 16.1. The molecule has 4 nitrogen and oxygen atoms in total. The molecule has 0 spiro atoms. The second-order valence-electron chi connectivity index (χ2n) is 5.36. The molecule has 0 aliphatic heterocycles. The lowest BCUT2D eigenvalue weighted by atomic mass is 10.1. The first-order chi connectivity index (χ1) is 11.3. The quantitative estimate of drug-likeness (QED) is 0.732. The Bertz CT molecular complexity index is 790. The number of H-pyrrole nitrogens is 1. The smallest absolute Gasteiger partial charge is 0.251 e. The standard InChI is InChI=1S/C19H20N2O2/c1-2-23-17-7-5-16(6-8-17)19(22)21-11-9-14-3-4-15-10-12-20-18(15)13-14/h3-8,10,12-13,20H,2,9,11H2,1H3,(H,21,22). The maximum absolute atomic E-state index is 12.1. The number of ether oxygens (including phenoxy) is 1. The van der Waals surface area contributed by atoms with Gasteiger partial charge in [-0.05, 0) is 60.7 Å². The topological polar surface area (TPSA) is 54.1 Å². The van der Waals surface area contributed by atoms with E-state index in [1.54, 1.807) is 12.1 Å². The summed E-state index contributed by atoms with van der Waals surface area (Å²) in [7, 11) is 0. The number of fused-ring (bicyclic) bond motifs is 1. The molecule has 3 rings (SSSR count). The van der Waals surface area contributed by atoms with Gasteiger partial charge >= 0.3 is 0 Å². The number of carbonyl (C=O) groups is 1. The lowest BCUT2D eigenvalue weighted by Crippen LogP contribution is -2.25. The van der Waals surface area contributed by atoms with Crippen LogP contribution in [-0.2, 0) is 6.42 Å². The van der Waals surface area contributed by atoms with Crippen LogP contribution < -0.4 is 10.1 Å². The fourth-order valence-electron chi connectivity index (χ4n) is 2.54. The van der Waals surface area contributed by atoms with Crippen LogP contribution in [0.25, 0.3) is 10.9 Å². The summed E-state index contributed by atoms with van der Waals surface area (Å²) in [6.45, 7) is 3.17. The summed E-state index contributed by atoms with van der Waals surface area (Å²) in [6.07, 6.45) is 2.74. The van der Waals surface area contributed by atoms with Crippen LogP contribution in [0.15, 0.2) is 54.7 Å². The number of nitrogens with one attached hydrogen (secondary N) is 2. The highest BCUT2D eigenvalue weighted by Crippen LogP contribution is 2.14. The van der Waals surface area contributed by atoms with Gasteiger partial charge in [0, 0.05) is 23.8 Å². The van der Waals surface area contributed by atoms with Crippen LogP contribution in [0.1, 0.15) is 22.8 Å². The highest BCUT2D eigenvalue weighted by atomic mass is 16.5. The van der Waals surface area contributed by atoms with Crippen LogP contribution in [0, 0.1) is 0 Å². The highest BCUT2D eigenvalue weighted by Gasteiger charge is 2.05. The molecule has 1 heterocycles. The third kappa shape index (κ3) is 3.72. The van der Waals surface area contributed by atoms with E-state index in [1.807, 2.05) is 31.3 Å². The molecule has 2 aromatic carbocycles. The molecule has 0 bridgehead atoms. The van der Waals surface area contributed by atoms with E-state index in [2.05, 4.69) is 28.5 Å². The van der Waals surface area contributed by atoms with Crippen molar-refractivity contribution >= 4 is 16.8 Å². The number of amides is 1. The van der Waals surface area contributed by atoms with Crippen molar-refractivity contribution in [3.63, 3.8) is 0 Å². The van der Waals surface area contributed by atoms with Gasteiger partial charge in [-0.1, -0.05) is 12.1 Å². The Labute approximate surface area is 135 Å². The van der Waals surface area contributed by atoms with E-state index in [0.717, 1.165) is 17.7 Å². The molecule has 118 valence electrons. The summed E-state index contributed by atoms with van der Waals surface area (Å²) in [5, 5.41) is 4.15. The lowest BCUT2D eigenvalue weighted by Gasteiger charge is -2.07. The van der Waals surface area contributed by atoms with E-state index >= 15 is 0 Å². The van der Waals surface area contributed by atoms with Gasteiger partial charge in [0.1, 0.15) is 5.75 Å². The van der Waals surface area contributed by atoms with Gasteiger partial charge in [-0.3, -0.25) is 4.79 Å². The van der Waals surface area contributed by atoms with Crippen molar-refractivity contribution < 1.29 is 9.53 Å². The van der Waals surface area contributed by atoms with E-state index in [0.29, 0.717) is 18.7 Å². The average Bonchev–Trinajstić information content (AvgIpc) is 3.03. The van der Waals surface area contributed by atoms with Crippen molar-refractivity contribution in [3.05, 3.63) is 65.9 Å². The third-order valence-electron chi connectivity index (χ3n) is 3.75. The van der Waals surface area contributed by atoms with E-state index in [1.165, 1.54) is 10.9 Å². The fraction of sp³-hybridized carbons (Fsp3) is 0.211. The molecular weight excluding hydrogens is 288 g/mol. The monoisotopic (exact) mass is 308 g/mol. The zero-order valence-corrected chi connectivity index (χ0v) is 13.1. The van der Waals surface area contributed by atoms with Gasteiger partial charge in [0.15, 0.2) is 0 Å². The molecule has 0 fully saturated rings. The molecule has 1 aromatic heterocycles. The molecule has 0 aliphatic carbocycles. The maximum atomic E-state index is 12.1. The van der Waals surface area contributed by atoms with Crippen molar-refractivity contribution in [2.75, 3.05) is 13.2 Å². The maximum Gasteiger partial charge on any atom is 0.251 e. The van der Waals surface area contributed by atoms with Crippen LogP contribution in [-0.4, -0.2) is 24.0 Å². The average molecular weight is 308 g/mol. The molecular formula is C19H20N2O2. The first kappa shape index (κ1) is 15.2. The predicted octanol–water partition coefficient (Wildman–Crippen LogP) is 3.54. The summed E-state index contributed by atoms with van der Waals surface area (Å²) in [4.78, 5) is 15.3. The summed E-state index contributed by atoms with van der Waals surface area (Å²) in [5.41, 5.74) is 2.97. The summed E-state index contributed by atoms with van der Waals surface area (Å²) < 4.78 is 5.37. The molecule has 0 atom stereocenters. The van der Waals surface area contributed by atoms with Crippen molar-refractivity contribution in [2.24, 2.45) is 0 Å². The fourth-order valence-corrected chi connectivity index (χ4v) is 2.54. The molecule has 3 aromatic rings. The van der Waals surface area contributed by atoms with Crippen LogP contribution in [0.5, 0.6) is 5.75 Å². The van der Waals surface area contributed by atoms with Gasteiger partial charge in [0.25, 0.3) is 5.91 Å². The minimum absolute atomic E-state index is 0.0611. The Kier molecular flexibility index (Phi) is 4.62. The summed E-state index contributed by atoms with van der Waals surface area (Å²) in [6, 6.07) is 15.6. The number of rotatable bonds is 6. The van der Waals surface area contributed by atoms with Gasteiger partial charge < -0.3 is 15.0 Å². The largest absolute Gasteiger partial charge is 0.494 e. The van der Waals surface area contributed by atoms with Gasteiger partial charge in [-0.25, -0.2) is 0 Å². The van der Waals surface area contributed by atoms with Gasteiger partial charge in [-0.15, -0.1) is 0 Å². The number of hydrogen-bond donors (Lipinski definition) is 2. The second-order valence-corrected chi connectivity index (χ2v) is 5.36. The molecule has 0 saturated heterocycles. The first-order valence-corrected chi connectivity index (χ1v) is 7.83. The lowest BCUT2D eigenvalue weighted by molar-refractivity contribution is 0.0954. The van der Waals surface area contributed by atoms with Gasteiger partial charge in [0.05, 0.1) is 6.61 Å². The molecule has 23 heavy (non-hydrogen) atoms. The Hall–Kier alpha value is -2.75. The van der Waals surface area contributed by atoms with Crippen LogP contribution in [0.3, 0.4) is 0 Å². The van der Waals surface area contributed by atoms with E-state index < -0.39 is 0 Å². The number of hydrogen-bond acceptors (Lipinski definition) is 2. The summed E-state index contributed by atoms with van der Waals surface area (Å²) in [5.74, 6) is 0.720. The van der Waals surface area contributed by atoms with Crippen LogP contribution in [0.2, 0.25) is 0 Å². The number of aromatic nitrogens is 1.